The molecule has 1 aliphatic heterocycles. The van der Waals surface area contributed by atoms with E-state index >= 15 is 0 Å². The van der Waals surface area contributed by atoms with E-state index in [0.717, 1.165) is 49.9 Å². The molecule has 0 amide bonds. The van der Waals surface area contributed by atoms with Crippen LogP contribution in [-0.2, 0) is 6.54 Å². The molecule has 0 spiro atoms. The van der Waals surface area contributed by atoms with Crippen molar-refractivity contribution in [1.82, 2.24) is 10.2 Å². The van der Waals surface area contributed by atoms with Crippen LogP contribution in [0.4, 0.5) is 0 Å². The van der Waals surface area contributed by atoms with E-state index in [-0.39, 0.29) is 30.1 Å². The number of nitrogens with one attached hydrogen (secondary N) is 1. The third kappa shape index (κ3) is 6.58. The second-order valence-electron chi connectivity index (χ2n) is 6.60. The minimum atomic E-state index is 0. The lowest BCUT2D eigenvalue weighted by Gasteiger charge is -2.34. The number of hydrogen-bond donors (Lipinski definition) is 1. The molecule has 1 fully saturated rings. The summed E-state index contributed by atoms with van der Waals surface area (Å²) in [6.45, 7) is 5.29. The number of para-hydroxylation sites is 1. The number of nitrogens with zero attached hydrogens (tertiary/aromatic N) is 2. The monoisotopic (exact) mass is 495 g/mol. The third-order valence-electron chi connectivity index (χ3n) is 4.66. The molecule has 0 aliphatic carbocycles. The van der Waals surface area contributed by atoms with Gasteiger partial charge in [0, 0.05) is 39.5 Å². The predicted molar refractivity (Wildman–Crippen MR) is 125 cm³/mol. The van der Waals surface area contributed by atoms with Crippen LogP contribution in [0, 0.1) is 0 Å². The van der Waals surface area contributed by atoms with Gasteiger partial charge in [-0.2, -0.15) is 0 Å². The minimum absolute atomic E-state index is 0. The molecule has 2 aromatic carbocycles. The van der Waals surface area contributed by atoms with Gasteiger partial charge in [-0.25, -0.2) is 0 Å². The maximum atomic E-state index is 6.08. The van der Waals surface area contributed by atoms with E-state index in [1.165, 1.54) is 5.56 Å². The highest BCUT2D eigenvalue weighted by atomic mass is 127. The smallest absolute Gasteiger partial charge is 0.193 e. The molecule has 0 atom stereocenters. The molecule has 1 N–H and O–H groups in total. The van der Waals surface area contributed by atoms with Crippen LogP contribution in [0.5, 0.6) is 11.5 Å². The zero-order valence-corrected chi connectivity index (χ0v) is 19.0. The minimum Gasteiger partial charge on any atom is -0.494 e. The Kier molecular flexibility index (Phi) is 9.40. The molecular weight excluding hydrogens is 465 g/mol. The van der Waals surface area contributed by atoms with Crippen LogP contribution in [0.3, 0.4) is 0 Å². The first kappa shape index (κ1) is 22.3. The van der Waals surface area contributed by atoms with Crippen LogP contribution in [-0.4, -0.2) is 43.7 Å². The lowest BCUT2D eigenvalue weighted by atomic mass is 10.1. The fourth-order valence-electron chi connectivity index (χ4n) is 3.30. The van der Waals surface area contributed by atoms with Gasteiger partial charge in [0.2, 0.25) is 0 Å². The summed E-state index contributed by atoms with van der Waals surface area (Å²) in [6.07, 6.45) is 2.26. The van der Waals surface area contributed by atoms with Gasteiger partial charge in [0.05, 0.1) is 6.61 Å². The van der Waals surface area contributed by atoms with Crippen LogP contribution in [0.2, 0.25) is 0 Å². The number of halogens is 1. The summed E-state index contributed by atoms with van der Waals surface area (Å²) in [5, 5.41) is 3.47. The molecule has 0 radical (unpaired) electrons. The van der Waals surface area contributed by atoms with Crippen molar-refractivity contribution in [2.24, 2.45) is 4.99 Å². The Labute approximate surface area is 185 Å². The molecule has 0 bridgehead atoms. The lowest BCUT2D eigenvalue weighted by molar-refractivity contribution is 0.129. The molecule has 1 saturated heterocycles. The summed E-state index contributed by atoms with van der Waals surface area (Å²) in [5.74, 6) is 2.80. The van der Waals surface area contributed by atoms with Gasteiger partial charge in [0.15, 0.2) is 5.96 Å². The first-order chi connectivity index (χ1) is 13.3. The first-order valence-corrected chi connectivity index (χ1v) is 9.67. The zero-order valence-electron chi connectivity index (χ0n) is 16.6. The van der Waals surface area contributed by atoms with Crippen LogP contribution in [0.1, 0.15) is 25.3 Å². The molecule has 0 aromatic heterocycles. The number of likely N-dealkylation sites (tertiary alicyclic amines) is 1. The van der Waals surface area contributed by atoms with Crippen molar-refractivity contribution >= 4 is 29.9 Å². The van der Waals surface area contributed by atoms with E-state index in [9.17, 15) is 0 Å². The fraction of sp³-hybridized carbons (Fsp3) is 0.409. The van der Waals surface area contributed by atoms with Crippen molar-refractivity contribution in [2.45, 2.75) is 32.4 Å². The SMILES string of the molecule is CCOc1cccc(CNC(=NC)N2CCC(Oc3ccccc3)CC2)c1.I. The molecule has 0 saturated carbocycles. The molecule has 3 rings (SSSR count). The first-order valence-electron chi connectivity index (χ1n) is 9.67. The van der Waals surface area contributed by atoms with E-state index < -0.39 is 0 Å². The number of rotatable bonds is 6. The topological polar surface area (TPSA) is 46.1 Å². The van der Waals surface area contributed by atoms with Crippen LogP contribution < -0.4 is 14.8 Å². The van der Waals surface area contributed by atoms with Crippen LogP contribution in [0.25, 0.3) is 0 Å². The molecule has 1 heterocycles. The van der Waals surface area contributed by atoms with Gasteiger partial charge >= 0.3 is 0 Å². The number of guanidine groups is 1. The van der Waals surface area contributed by atoms with Crippen molar-refractivity contribution < 1.29 is 9.47 Å². The molecule has 5 nitrogen and oxygen atoms in total. The number of piperidine rings is 1. The normalized spacial score (nSPS) is 14.9. The predicted octanol–water partition coefficient (Wildman–Crippen LogP) is 4.32. The Balaban J connectivity index is 0.00000280. The van der Waals surface area contributed by atoms with E-state index in [0.29, 0.717) is 6.61 Å². The Morgan fingerprint density at radius 2 is 1.79 bits per heavy atom. The zero-order chi connectivity index (χ0) is 18.9. The van der Waals surface area contributed by atoms with Gasteiger partial charge in [-0.05, 0) is 36.8 Å². The van der Waals surface area contributed by atoms with Crippen molar-refractivity contribution in [1.29, 1.82) is 0 Å². The van der Waals surface area contributed by atoms with E-state index in [1.807, 2.05) is 56.4 Å². The lowest BCUT2D eigenvalue weighted by Crippen LogP contribution is -2.47. The molecule has 2 aromatic rings. The highest BCUT2D eigenvalue weighted by Crippen LogP contribution is 2.19. The summed E-state index contributed by atoms with van der Waals surface area (Å²) in [7, 11) is 1.84. The largest absolute Gasteiger partial charge is 0.494 e. The quantitative estimate of drug-likeness (QED) is 0.369. The van der Waals surface area contributed by atoms with Crippen LogP contribution in [0.15, 0.2) is 59.6 Å². The second-order valence-corrected chi connectivity index (χ2v) is 6.60. The molecule has 0 unspecified atom stereocenters. The number of hydrogen-bond acceptors (Lipinski definition) is 3. The van der Waals surface area contributed by atoms with E-state index in [1.54, 1.807) is 0 Å². The highest BCUT2D eigenvalue weighted by Gasteiger charge is 2.22. The Morgan fingerprint density at radius 3 is 2.46 bits per heavy atom. The van der Waals surface area contributed by atoms with Crippen molar-refractivity contribution in [3.63, 3.8) is 0 Å². The number of ether oxygens (including phenoxy) is 2. The molecular formula is C22H30IN3O2. The van der Waals surface area contributed by atoms with Crippen molar-refractivity contribution in [3.05, 3.63) is 60.2 Å². The summed E-state index contributed by atoms with van der Waals surface area (Å²) in [4.78, 5) is 6.76. The Bertz CT molecular complexity index is 732. The van der Waals surface area contributed by atoms with Crippen molar-refractivity contribution in [3.8, 4) is 11.5 Å². The second kappa shape index (κ2) is 11.8. The molecule has 152 valence electrons. The van der Waals surface area contributed by atoms with Gasteiger partial charge in [0.1, 0.15) is 17.6 Å². The maximum absolute atomic E-state index is 6.08. The van der Waals surface area contributed by atoms with Gasteiger partial charge in [-0.15, -0.1) is 24.0 Å². The standard InChI is InChI=1S/C22H29N3O2.HI/c1-3-26-21-11-7-8-18(16-21)17-24-22(23-2)25-14-12-20(13-15-25)27-19-9-5-4-6-10-19;/h4-11,16,20H,3,12-15,17H2,1-2H3,(H,23,24);1H. The Morgan fingerprint density at radius 1 is 1.07 bits per heavy atom. The summed E-state index contributed by atoms with van der Waals surface area (Å²) >= 11 is 0. The number of benzene rings is 2. The average Bonchev–Trinajstić information content (AvgIpc) is 2.71. The van der Waals surface area contributed by atoms with Gasteiger partial charge in [0.25, 0.3) is 0 Å². The molecule has 28 heavy (non-hydrogen) atoms. The molecule has 6 heteroatoms. The average molecular weight is 495 g/mol. The van der Waals surface area contributed by atoms with E-state index in [2.05, 4.69) is 27.3 Å². The van der Waals surface area contributed by atoms with Gasteiger partial charge in [-0.1, -0.05) is 30.3 Å². The van der Waals surface area contributed by atoms with E-state index in [4.69, 9.17) is 9.47 Å². The summed E-state index contributed by atoms with van der Waals surface area (Å²) in [5.41, 5.74) is 1.18. The van der Waals surface area contributed by atoms with Crippen LogP contribution >= 0.6 is 24.0 Å². The van der Waals surface area contributed by atoms with Gasteiger partial charge in [-0.3, -0.25) is 4.99 Å². The summed E-state index contributed by atoms with van der Waals surface area (Å²) in [6, 6.07) is 18.2. The maximum Gasteiger partial charge on any atom is 0.193 e. The van der Waals surface area contributed by atoms with Gasteiger partial charge < -0.3 is 19.7 Å². The summed E-state index contributed by atoms with van der Waals surface area (Å²) < 4.78 is 11.7. The highest BCUT2D eigenvalue weighted by molar-refractivity contribution is 14.0. The number of aliphatic imine (C=N–C) groups is 1. The van der Waals surface area contributed by atoms with Crippen molar-refractivity contribution in [2.75, 3.05) is 26.7 Å². The molecule has 1 aliphatic rings. The fourth-order valence-corrected chi connectivity index (χ4v) is 3.30. The Hall–Kier alpha value is -1.96. The third-order valence-corrected chi connectivity index (χ3v) is 4.66.